The van der Waals surface area contributed by atoms with Crippen LogP contribution in [0.5, 0.6) is 11.5 Å². The zero-order valence-corrected chi connectivity index (χ0v) is 13.2. The van der Waals surface area contributed by atoms with E-state index in [0.717, 1.165) is 23.6 Å². The van der Waals surface area contributed by atoms with Gasteiger partial charge in [0.15, 0.2) is 0 Å². The van der Waals surface area contributed by atoms with Gasteiger partial charge in [-0.3, -0.25) is 4.90 Å². The van der Waals surface area contributed by atoms with Crippen LogP contribution in [0.4, 0.5) is 0 Å². The molecule has 21 heavy (non-hydrogen) atoms. The molecule has 4 nitrogen and oxygen atoms in total. The largest absolute Gasteiger partial charge is 0.497 e. The molecule has 118 valence electrons. The summed E-state index contributed by atoms with van der Waals surface area (Å²) in [6.45, 7) is 1.71. The second-order valence-electron chi connectivity index (χ2n) is 5.66. The van der Waals surface area contributed by atoms with Gasteiger partial charge in [-0.05, 0) is 31.0 Å². The fourth-order valence-corrected chi connectivity index (χ4v) is 3.19. The Morgan fingerprint density at radius 1 is 1.14 bits per heavy atom. The third-order valence-electron chi connectivity index (χ3n) is 4.34. The molecule has 0 saturated heterocycles. The highest BCUT2D eigenvalue weighted by Crippen LogP contribution is 2.28. The molecule has 1 aliphatic rings. The minimum absolute atomic E-state index is 0.197. The van der Waals surface area contributed by atoms with E-state index in [0.29, 0.717) is 12.6 Å². The van der Waals surface area contributed by atoms with Crippen LogP contribution in [0, 0.1) is 0 Å². The lowest BCUT2D eigenvalue weighted by Gasteiger charge is -2.34. The molecule has 1 fully saturated rings. The van der Waals surface area contributed by atoms with Crippen LogP contribution in [-0.4, -0.2) is 43.4 Å². The lowest BCUT2D eigenvalue weighted by atomic mass is 9.93. The Morgan fingerprint density at radius 2 is 1.90 bits per heavy atom. The van der Waals surface area contributed by atoms with Gasteiger partial charge in [-0.2, -0.15) is 0 Å². The van der Waals surface area contributed by atoms with Crippen LogP contribution in [0.3, 0.4) is 0 Å². The number of rotatable bonds is 7. The van der Waals surface area contributed by atoms with Crippen molar-refractivity contribution in [3.8, 4) is 11.5 Å². The predicted molar refractivity (Wildman–Crippen MR) is 83.9 cm³/mol. The van der Waals surface area contributed by atoms with E-state index in [-0.39, 0.29) is 6.61 Å². The predicted octanol–water partition coefficient (Wildman–Crippen LogP) is 2.83. The molecule has 1 saturated carbocycles. The van der Waals surface area contributed by atoms with Gasteiger partial charge in [-0.25, -0.2) is 0 Å². The number of aliphatic hydroxyl groups excluding tert-OH is 1. The molecular weight excluding hydrogens is 266 g/mol. The SMILES string of the molecule is COc1ccc(OC)c(CN(CCO)C2CCCCC2)c1. The van der Waals surface area contributed by atoms with Gasteiger partial charge in [-0.1, -0.05) is 19.3 Å². The molecule has 1 aromatic rings. The first-order valence-corrected chi connectivity index (χ1v) is 7.84. The average Bonchev–Trinajstić information content (AvgIpc) is 2.55. The first-order valence-electron chi connectivity index (χ1n) is 7.84. The minimum atomic E-state index is 0.197. The van der Waals surface area contributed by atoms with E-state index in [1.807, 2.05) is 18.2 Å². The molecule has 0 aromatic heterocycles. The van der Waals surface area contributed by atoms with Gasteiger partial charge in [0.25, 0.3) is 0 Å². The molecule has 0 aliphatic heterocycles. The molecule has 0 amide bonds. The van der Waals surface area contributed by atoms with Crippen LogP contribution in [0.2, 0.25) is 0 Å². The van der Waals surface area contributed by atoms with E-state index in [2.05, 4.69) is 4.90 Å². The molecule has 0 radical (unpaired) electrons. The van der Waals surface area contributed by atoms with E-state index in [1.54, 1.807) is 14.2 Å². The lowest BCUT2D eigenvalue weighted by molar-refractivity contribution is 0.116. The van der Waals surface area contributed by atoms with E-state index in [4.69, 9.17) is 9.47 Å². The number of methoxy groups -OCH3 is 2. The molecule has 1 aromatic carbocycles. The molecule has 1 aliphatic carbocycles. The topological polar surface area (TPSA) is 41.9 Å². The summed E-state index contributed by atoms with van der Waals surface area (Å²) in [7, 11) is 3.38. The molecule has 0 unspecified atom stereocenters. The number of hydrogen-bond donors (Lipinski definition) is 1. The zero-order valence-electron chi connectivity index (χ0n) is 13.2. The first-order chi connectivity index (χ1) is 10.3. The second-order valence-corrected chi connectivity index (χ2v) is 5.66. The maximum Gasteiger partial charge on any atom is 0.123 e. The van der Waals surface area contributed by atoms with Crippen molar-refractivity contribution in [2.75, 3.05) is 27.4 Å². The van der Waals surface area contributed by atoms with Crippen LogP contribution < -0.4 is 9.47 Å². The van der Waals surface area contributed by atoms with Gasteiger partial charge in [-0.15, -0.1) is 0 Å². The van der Waals surface area contributed by atoms with E-state index >= 15 is 0 Å². The molecule has 4 heteroatoms. The Hall–Kier alpha value is -1.26. The molecule has 1 N–H and O–H groups in total. The molecule has 0 atom stereocenters. The molecule has 0 spiro atoms. The Bertz CT molecular complexity index is 430. The van der Waals surface area contributed by atoms with Crippen molar-refractivity contribution in [1.29, 1.82) is 0 Å². The van der Waals surface area contributed by atoms with Crippen molar-refractivity contribution in [2.45, 2.75) is 44.7 Å². The summed E-state index contributed by atoms with van der Waals surface area (Å²) in [5.74, 6) is 1.73. The summed E-state index contributed by atoms with van der Waals surface area (Å²) in [4.78, 5) is 2.39. The number of aliphatic hydroxyl groups is 1. The van der Waals surface area contributed by atoms with Crippen molar-refractivity contribution >= 4 is 0 Å². The minimum Gasteiger partial charge on any atom is -0.497 e. The van der Waals surface area contributed by atoms with Crippen molar-refractivity contribution in [3.05, 3.63) is 23.8 Å². The Labute approximate surface area is 127 Å². The highest BCUT2D eigenvalue weighted by molar-refractivity contribution is 5.40. The number of ether oxygens (including phenoxy) is 2. The monoisotopic (exact) mass is 293 g/mol. The fourth-order valence-electron chi connectivity index (χ4n) is 3.19. The third kappa shape index (κ3) is 4.35. The fraction of sp³-hybridized carbons (Fsp3) is 0.647. The zero-order chi connectivity index (χ0) is 15.1. The van der Waals surface area contributed by atoms with Gasteiger partial charge < -0.3 is 14.6 Å². The number of hydrogen-bond acceptors (Lipinski definition) is 4. The van der Waals surface area contributed by atoms with Gasteiger partial charge in [0.1, 0.15) is 11.5 Å². The normalized spacial score (nSPS) is 16.2. The standard InChI is InChI=1S/C17H27NO3/c1-20-16-8-9-17(21-2)14(12-16)13-18(10-11-19)15-6-4-3-5-7-15/h8-9,12,15,19H,3-7,10-11,13H2,1-2H3. The summed E-state index contributed by atoms with van der Waals surface area (Å²) in [6.07, 6.45) is 6.38. The van der Waals surface area contributed by atoms with Gasteiger partial charge in [0.2, 0.25) is 0 Å². The molecule has 2 rings (SSSR count). The van der Waals surface area contributed by atoms with Crippen LogP contribution in [0.25, 0.3) is 0 Å². The third-order valence-corrected chi connectivity index (χ3v) is 4.34. The maximum atomic E-state index is 9.37. The van der Waals surface area contributed by atoms with Gasteiger partial charge in [0.05, 0.1) is 20.8 Å². The van der Waals surface area contributed by atoms with Crippen LogP contribution in [0.1, 0.15) is 37.7 Å². The Balaban J connectivity index is 2.14. The molecule has 0 bridgehead atoms. The van der Waals surface area contributed by atoms with Crippen molar-refractivity contribution in [3.63, 3.8) is 0 Å². The first kappa shape index (κ1) is 16.1. The van der Waals surface area contributed by atoms with E-state index in [1.165, 1.54) is 32.1 Å². The van der Waals surface area contributed by atoms with Crippen molar-refractivity contribution < 1.29 is 14.6 Å². The average molecular weight is 293 g/mol. The van der Waals surface area contributed by atoms with Crippen LogP contribution in [-0.2, 0) is 6.54 Å². The molecular formula is C17H27NO3. The van der Waals surface area contributed by atoms with Gasteiger partial charge >= 0.3 is 0 Å². The van der Waals surface area contributed by atoms with E-state index in [9.17, 15) is 5.11 Å². The smallest absolute Gasteiger partial charge is 0.123 e. The van der Waals surface area contributed by atoms with Crippen molar-refractivity contribution in [1.82, 2.24) is 4.90 Å². The highest BCUT2D eigenvalue weighted by Gasteiger charge is 2.22. The van der Waals surface area contributed by atoms with Crippen molar-refractivity contribution in [2.24, 2.45) is 0 Å². The lowest BCUT2D eigenvalue weighted by Crippen LogP contribution is -2.38. The second kappa shape index (κ2) is 8.25. The molecule has 0 heterocycles. The number of nitrogens with zero attached hydrogens (tertiary/aromatic N) is 1. The van der Waals surface area contributed by atoms with E-state index < -0.39 is 0 Å². The summed E-state index contributed by atoms with van der Waals surface area (Å²) in [6, 6.07) is 6.47. The Morgan fingerprint density at radius 3 is 2.52 bits per heavy atom. The van der Waals surface area contributed by atoms with Crippen LogP contribution >= 0.6 is 0 Å². The maximum absolute atomic E-state index is 9.37. The quantitative estimate of drug-likeness (QED) is 0.839. The van der Waals surface area contributed by atoms with Crippen LogP contribution in [0.15, 0.2) is 18.2 Å². The number of benzene rings is 1. The summed E-state index contributed by atoms with van der Waals surface area (Å²) >= 11 is 0. The highest BCUT2D eigenvalue weighted by atomic mass is 16.5. The Kier molecular flexibility index (Phi) is 6.33. The van der Waals surface area contributed by atoms with Gasteiger partial charge in [0, 0.05) is 24.7 Å². The summed E-state index contributed by atoms with van der Waals surface area (Å²) in [5.41, 5.74) is 1.12. The summed E-state index contributed by atoms with van der Waals surface area (Å²) in [5, 5.41) is 9.37. The summed E-state index contributed by atoms with van der Waals surface area (Å²) < 4.78 is 10.8.